The van der Waals surface area contributed by atoms with Crippen molar-refractivity contribution in [2.45, 2.75) is 0 Å². The van der Waals surface area contributed by atoms with E-state index in [4.69, 9.17) is 19.2 Å². The summed E-state index contributed by atoms with van der Waals surface area (Å²) in [6, 6.07) is 0. The Bertz CT molecular complexity index is 64.7. The molecule has 0 amide bonds. The molecule has 7 heavy (non-hydrogen) atoms. The van der Waals surface area contributed by atoms with Crippen molar-refractivity contribution in [2.75, 3.05) is 0 Å². The van der Waals surface area contributed by atoms with E-state index in [0.29, 0.717) is 0 Å². The van der Waals surface area contributed by atoms with E-state index in [1.807, 2.05) is 0 Å². The average Bonchev–Trinajstić information content (AvgIpc) is 0.722. The Morgan fingerprint density at radius 3 is 1.29 bits per heavy atom. The minimum absolute atomic E-state index is 0. The van der Waals surface area contributed by atoms with Crippen LogP contribution in [-0.2, 0) is 21.1 Å². The van der Waals surface area contributed by atoms with Gasteiger partial charge in [0.25, 0.3) is 0 Å². The number of rotatable bonds is 0. The molecule has 3 N–H and O–H groups in total. The number of hydrogen-bond acceptors (Lipinski definition) is 1. The second-order valence-corrected chi connectivity index (χ2v) is 1.54. The smallest absolute Gasteiger partial charge is 1.00 e. The molecule has 0 saturated heterocycles. The summed E-state index contributed by atoms with van der Waals surface area (Å²) in [4.78, 5) is 21.6. The van der Waals surface area contributed by atoms with Gasteiger partial charge in [0.1, 0.15) is 0 Å². The Hall–Kier alpha value is 1.86. The molecule has 0 saturated carbocycles. The van der Waals surface area contributed by atoms with Crippen LogP contribution in [0.4, 0.5) is 0 Å². The van der Waals surface area contributed by atoms with Gasteiger partial charge in [0, 0.05) is 16.5 Å². The van der Waals surface area contributed by atoms with Crippen molar-refractivity contribution in [1.29, 1.82) is 0 Å². The summed E-state index contributed by atoms with van der Waals surface area (Å²) in [7, 11) is -4.64. The van der Waals surface area contributed by atoms with E-state index in [9.17, 15) is 0 Å². The molecular weight excluding hydrogens is 194 g/mol. The third-order valence-electron chi connectivity index (χ3n) is 0. The van der Waals surface area contributed by atoms with Crippen LogP contribution in [0.5, 0.6) is 0 Å². The summed E-state index contributed by atoms with van der Waals surface area (Å²) >= 11 is 0. The second-order valence-electron chi connectivity index (χ2n) is 0.513. The van der Waals surface area contributed by atoms with E-state index in [2.05, 4.69) is 0 Å². The second kappa shape index (κ2) is 5.99. The van der Waals surface area contributed by atoms with Crippen molar-refractivity contribution >= 4 is 45.6 Å². The Kier molecular flexibility index (Phi) is 13.6. The largest absolute Gasteiger partial charge is 2.00 e. The summed E-state index contributed by atoms with van der Waals surface area (Å²) < 4.78 is 8.88. The van der Waals surface area contributed by atoms with Crippen LogP contribution in [0, 0.1) is 0 Å². The fourth-order valence-electron chi connectivity index (χ4n) is 0. The topological polar surface area (TPSA) is 77.8 Å². The SMILES string of the molecule is O=P(O)(O)O.[Ca+2].[H-].[H-].[Ni]. The van der Waals surface area contributed by atoms with Crippen LogP contribution in [0.2, 0.25) is 0 Å². The average molecular weight is 199 g/mol. The molecule has 0 aromatic rings. The van der Waals surface area contributed by atoms with Gasteiger partial charge in [-0.3, -0.25) is 0 Å². The van der Waals surface area contributed by atoms with Crippen LogP contribution in [-0.4, -0.2) is 52.4 Å². The summed E-state index contributed by atoms with van der Waals surface area (Å²) in [6.07, 6.45) is 0. The quantitative estimate of drug-likeness (QED) is 0.342. The van der Waals surface area contributed by atoms with Crippen molar-refractivity contribution < 1.29 is 38.6 Å². The fourth-order valence-corrected chi connectivity index (χ4v) is 0. The zero-order valence-corrected chi connectivity index (χ0v) is 7.31. The van der Waals surface area contributed by atoms with Gasteiger partial charge in [-0.2, -0.15) is 0 Å². The summed E-state index contributed by atoms with van der Waals surface area (Å²) in [6.45, 7) is 0. The minimum Gasteiger partial charge on any atom is -1.00 e. The van der Waals surface area contributed by atoms with E-state index in [0.717, 1.165) is 0 Å². The minimum atomic E-state index is -4.64. The van der Waals surface area contributed by atoms with Crippen molar-refractivity contribution in [3.8, 4) is 0 Å². The maximum Gasteiger partial charge on any atom is 2.00 e. The van der Waals surface area contributed by atoms with Crippen LogP contribution in [0.25, 0.3) is 0 Å². The molecule has 0 fully saturated rings. The van der Waals surface area contributed by atoms with Crippen LogP contribution in [0.1, 0.15) is 2.85 Å². The Labute approximate surface area is 83.4 Å². The van der Waals surface area contributed by atoms with E-state index >= 15 is 0 Å². The molecule has 0 heterocycles. The molecular formula is H5CaNiO4P. The van der Waals surface area contributed by atoms with Gasteiger partial charge in [0.15, 0.2) is 0 Å². The zero-order chi connectivity index (χ0) is 4.50. The van der Waals surface area contributed by atoms with Gasteiger partial charge in [-0.15, -0.1) is 0 Å². The first kappa shape index (κ1) is 15.9. The van der Waals surface area contributed by atoms with Crippen LogP contribution in [0.3, 0.4) is 0 Å². The Balaban J connectivity index is -0.0000000133. The van der Waals surface area contributed by atoms with Gasteiger partial charge >= 0.3 is 45.6 Å². The molecule has 0 bridgehead atoms. The van der Waals surface area contributed by atoms with Gasteiger partial charge < -0.3 is 17.5 Å². The molecule has 0 spiro atoms. The van der Waals surface area contributed by atoms with Crippen molar-refractivity contribution in [3.63, 3.8) is 0 Å². The normalized spacial score (nSPS) is 8.43. The maximum atomic E-state index is 8.88. The molecule has 0 unspecified atom stereocenters. The van der Waals surface area contributed by atoms with Crippen LogP contribution < -0.4 is 0 Å². The first-order valence-electron chi connectivity index (χ1n) is 0.783. The fraction of sp³-hybridized carbons (Fsp3) is 0. The summed E-state index contributed by atoms with van der Waals surface area (Å²) in [5.74, 6) is 0. The third kappa shape index (κ3) is 77.9. The predicted octanol–water partition coefficient (Wildman–Crippen LogP) is -1.09. The molecule has 0 aromatic heterocycles. The standard InChI is InChI=1S/Ca.Ni.H3O4P.2H/c;;1-5(2,3)4;;/h;;(H3,1,2,3,4);;/q+2;;;2*-1. The molecule has 0 atom stereocenters. The Morgan fingerprint density at radius 1 is 1.29 bits per heavy atom. The first-order chi connectivity index (χ1) is 2.00. The summed E-state index contributed by atoms with van der Waals surface area (Å²) in [5, 5.41) is 0. The molecule has 0 rings (SSSR count). The van der Waals surface area contributed by atoms with Gasteiger partial charge in [0.05, 0.1) is 0 Å². The monoisotopic (exact) mass is 198 g/mol. The molecule has 0 aromatic carbocycles. The predicted molar refractivity (Wildman–Crippen MR) is 22.2 cm³/mol. The summed E-state index contributed by atoms with van der Waals surface area (Å²) in [5.41, 5.74) is 0. The van der Waals surface area contributed by atoms with Gasteiger partial charge in [0.2, 0.25) is 0 Å². The molecule has 4 nitrogen and oxygen atoms in total. The van der Waals surface area contributed by atoms with E-state index in [1.54, 1.807) is 0 Å². The molecule has 0 radical (unpaired) electrons. The molecule has 0 aliphatic heterocycles. The number of hydrogen-bond donors (Lipinski definition) is 3. The van der Waals surface area contributed by atoms with Crippen LogP contribution in [0.15, 0.2) is 0 Å². The number of phosphoric acid groups is 1. The van der Waals surface area contributed by atoms with Crippen LogP contribution >= 0.6 is 7.82 Å². The van der Waals surface area contributed by atoms with E-state index < -0.39 is 7.82 Å². The van der Waals surface area contributed by atoms with Gasteiger partial charge in [-0.1, -0.05) is 0 Å². The molecule has 0 aliphatic rings. The molecule has 0 aliphatic carbocycles. The van der Waals surface area contributed by atoms with E-state index in [-0.39, 0.29) is 57.1 Å². The van der Waals surface area contributed by atoms with Gasteiger partial charge in [-0.25, -0.2) is 4.57 Å². The van der Waals surface area contributed by atoms with Gasteiger partial charge in [-0.05, 0) is 0 Å². The van der Waals surface area contributed by atoms with Crippen molar-refractivity contribution in [1.82, 2.24) is 0 Å². The van der Waals surface area contributed by atoms with Crippen molar-refractivity contribution in [2.24, 2.45) is 0 Å². The maximum absolute atomic E-state index is 8.88. The van der Waals surface area contributed by atoms with Crippen molar-refractivity contribution in [3.05, 3.63) is 0 Å². The third-order valence-corrected chi connectivity index (χ3v) is 0. The zero-order valence-electron chi connectivity index (χ0n) is 5.22. The molecule has 46 valence electrons. The molecule has 7 heteroatoms. The Morgan fingerprint density at radius 2 is 1.29 bits per heavy atom. The van der Waals surface area contributed by atoms with E-state index in [1.165, 1.54) is 0 Å². The first-order valence-corrected chi connectivity index (χ1v) is 2.35.